The molecule has 96 valence electrons. The van der Waals surface area contributed by atoms with Crippen LogP contribution in [-0.4, -0.2) is 10.1 Å². The molecule has 2 heterocycles. The number of nitrogens with zero attached hydrogens (tertiary/aromatic N) is 1. The van der Waals surface area contributed by atoms with E-state index < -0.39 is 0 Å². The fourth-order valence-corrected chi connectivity index (χ4v) is 2.64. The minimum absolute atomic E-state index is 0.0578. The van der Waals surface area contributed by atoms with Crippen molar-refractivity contribution >= 4 is 22.3 Å². The number of thiazole rings is 1. The zero-order valence-corrected chi connectivity index (χ0v) is 11.2. The first-order valence-electron chi connectivity index (χ1n) is 5.74. The molecule has 0 saturated heterocycles. The lowest BCUT2D eigenvalue weighted by molar-refractivity contribution is 0.479. The number of phenols is 1. The maximum Gasteiger partial charge on any atom is 0.205 e. The Morgan fingerprint density at radius 2 is 2.11 bits per heavy atom. The summed E-state index contributed by atoms with van der Waals surface area (Å²) >= 11 is 1.47. The molecule has 1 aromatic carbocycles. The molecule has 0 saturated carbocycles. The van der Waals surface area contributed by atoms with Crippen molar-refractivity contribution in [2.75, 3.05) is 0 Å². The molecule has 5 heteroatoms. The highest BCUT2D eigenvalue weighted by molar-refractivity contribution is 7.09. The van der Waals surface area contributed by atoms with Crippen molar-refractivity contribution in [1.29, 1.82) is 0 Å². The van der Waals surface area contributed by atoms with E-state index in [2.05, 4.69) is 4.98 Å². The molecule has 2 aromatic heterocycles. The van der Waals surface area contributed by atoms with Gasteiger partial charge in [0.05, 0.1) is 16.3 Å². The van der Waals surface area contributed by atoms with Crippen LogP contribution in [0.15, 0.2) is 33.0 Å². The summed E-state index contributed by atoms with van der Waals surface area (Å²) in [6, 6.07) is 3.28. The molecule has 0 spiro atoms. The Bertz CT molecular complexity index is 832. The maximum absolute atomic E-state index is 12.4. The van der Waals surface area contributed by atoms with Crippen LogP contribution in [0.4, 0.5) is 0 Å². The average Bonchev–Trinajstić information content (AvgIpc) is 2.75. The van der Waals surface area contributed by atoms with Crippen LogP contribution in [0.5, 0.6) is 5.75 Å². The first kappa shape index (κ1) is 11.9. The molecule has 0 aliphatic heterocycles. The summed E-state index contributed by atoms with van der Waals surface area (Å²) in [6.45, 7) is 3.70. The largest absolute Gasteiger partial charge is 0.507 e. The van der Waals surface area contributed by atoms with Gasteiger partial charge in [0.15, 0.2) is 0 Å². The second-order valence-corrected chi connectivity index (χ2v) is 5.45. The lowest BCUT2D eigenvalue weighted by atomic mass is 10.1. The molecule has 4 nitrogen and oxygen atoms in total. The Kier molecular flexibility index (Phi) is 2.64. The molecule has 1 N–H and O–H groups in total. The third-order valence-corrected chi connectivity index (χ3v) is 3.67. The SMILES string of the molecule is Cc1cc(O)c2c(=O)c(-c3csc(C)n3)coc2c1. The molecule has 0 bridgehead atoms. The fraction of sp³-hybridized carbons (Fsp3) is 0.143. The predicted molar refractivity (Wildman–Crippen MR) is 74.7 cm³/mol. The zero-order valence-electron chi connectivity index (χ0n) is 10.4. The predicted octanol–water partition coefficient (Wildman–Crippen LogP) is 3.24. The topological polar surface area (TPSA) is 63.3 Å². The Labute approximate surface area is 113 Å². The van der Waals surface area contributed by atoms with Gasteiger partial charge in [-0.3, -0.25) is 4.79 Å². The fourth-order valence-electron chi connectivity index (χ4n) is 2.03. The first-order chi connectivity index (χ1) is 9.06. The minimum atomic E-state index is -0.260. The molecule has 3 aromatic rings. The molecule has 0 amide bonds. The van der Waals surface area contributed by atoms with Crippen molar-refractivity contribution in [2.45, 2.75) is 13.8 Å². The third kappa shape index (κ3) is 1.92. The molecule has 0 fully saturated rings. The molecule has 0 aliphatic rings. The van der Waals surface area contributed by atoms with Gasteiger partial charge in [-0.2, -0.15) is 0 Å². The molecular weight excluding hydrogens is 262 g/mol. The monoisotopic (exact) mass is 273 g/mol. The van der Waals surface area contributed by atoms with Crippen LogP contribution in [0.25, 0.3) is 22.2 Å². The van der Waals surface area contributed by atoms with Gasteiger partial charge in [-0.15, -0.1) is 11.3 Å². The highest BCUT2D eigenvalue weighted by atomic mass is 32.1. The van der Waals surface area contributed by atoms with Gasteiger partial charge in [-0.1, -0.05) is 0 Å². The van der Waals surface area contributed by atoms with E-state index in [0.717, 1.165) is 10.6 Å². The minimum Gasteiger partial charge on any atom is -0.507 e. The summed E-state index contributed by atoms with van der Waals surface area (Å²) in [6.07, 6.45) is 1.40. The lowest BCUT2D eigenvalue weighted by Gasteiger charge is -2.03. The van der Waals surface area contributed by atoms with Crippen LogP contribution in [0.2, 0.25) is 0 Å². The van der Waals surface area contributed by atoms with E-state index in [0.29, 0.717) is 16.8 Å². The van der Waals surface area contributed by atoms with Crippen molar-refractivity contribution in [3.8, 4) is 17.0 Å². The highest BCUT2D eigenvalue weighted by Gasteiger charge is 2.14. The number of aryl methyl sites for hydroxylation is 2. The summed E-state index contributed by atoms with van der Waals surface area (Å²) in [5, 5.41) is 12.8. The third-order valence-electron chi connectivity index (χ3n) is 2.90. The van der Waals surface area contributed by atoms with Gasteiger partial charge in [0.2, 0.25) is 5.43 Å². The van der Waals surface area contributed by atoms with Crippen LogP contribution in [0, 0.1) is 13.8 Å². The maximum atomic E-state index is 12.4. The second-order valence-electron chi connectivity index (χ2n) is 4.39. The van der Waals surface area contributed by atoms with Crippen molar-refractivity contribution in [2.24, 2.45) is 0 Å². The molecular formula is C14H11NO3S. The van der Waals surface area contributed by atoms with Crippen LogP contribution in [0.1, 0.15) is 10.6 Å². The first-order valence-corrected chi connectivity index (χ1v) is 6.62. The van der Waals surface area contributed by atoms with E-state index in [9.17, 15) is 9.90 Å². The van der Waals surface area contributed by atoms with Gasteiger partial charge in [-0.25, -0.2) is 4.98 Å². The summed E-state index contributed by atoms with van der Waals surface area (Å²) in [5.74, 6) is -0.0578. The van der Waals surface area contributed by atoms with Crippen LogP contribution >= 0.6 is 11.3 Å². The van der Waals surface area contributed by atoms with Gasteiger partial charge in [0.1, 0.15) is 23.0 Å². The number of hydrogen-bond acceptors (Lipinski definition) is 5. The standard InChI is InChI=1S/C14H11NO3S/c1-7-3-11(16)13-12(4-7)18-5-9(14(13)17)10-6-19-8(2)15-10/h3-6,16H,1-2H3. The van der Waals surface area contributed by atoms with E-state index in [1.54, 1.807) is 17.5 Å². The van der Waals surface area contributed by atoms with Gasteiger partial charge < -0.3 is 9.52 Å². The van der Waals surface area contributed by atoms with Crippen molar-refractivity contribution in [1.82, 2.24) is 4.98 Å². The molecule has 0 radical (unpaired) electrons. The zero-order chi connectivity index (χ0) is 13.6. The molecule has 0 unspecified atom stereocenters. The van der Waals surface area contributed by atoms with Crippen molar-refractivity contribution in [3.63, 3.8) is 0 Å². The number of aromatic nitrogens is 1. The van der Waals surface area contributed by atoms with Crippen LogP contribution in [-0.2, 0) is 0 Å². The lowest BCUT2D eigenvalue weighted by Crippen LogP contribution is -2.05. The quantitative estimate of drug-likeness (QED) is 0.739. The summed E-state index contributed by atoms with van der Waals surface area (Å²) in [7, 11) is 0. The van der Waals surface area contributed by atoms with E-state index >= 15 is 0 Å². The molecule has 0 aliphatic carbocycles. The smallest absolute Gasteiger partial charge is 0.205 e. The Hall–Kier alpha value is -2.14. The van der Waals surface area contributed by atoms with E-state index in [4.69, 9.17) is 4.42 Å². The number of benzene rings is 1. The van der Waals surface area contributed by atoms with Crippen molar-refractivity contribution < 1.29 is 9.52 Å². The van der Waals surface area contributed by atoms with Gasteiger partial charge in [0, 0.05) is 5.38 Å². The number of aromatic hydroxyl groups is 1. The van der Waals surface area contributed by atoms with Gasteiger partial charge in [0.25, 0.3) is 0 Å². The molecule has 3 rings (SSSR count). The summed E-state index contributed by atoms with van der Waals surface area (Å²) in [4.78, 5) is 16.7. The second kappa shape index (κ2) is 4.20. The number of rotatable bonds is 1. The van der Waals surface area contributed by atoms with Gasteiger partial charge in [-0.05, 0) is 31.5 Å². The summed E-state index contributed by atoms with van der Waals surface area (Å²) < 4.78 is 5.45. The number of hydrogen-bond donors (Lipinski definition) is 1. The van der Waals surface area contributed by atoms with Crippen LogP contribution < -0.4 is 5.43 Å². The molecule has 0 atom stereocenters. The van der Waals surface area contributed by atoms with Gasteiger partial charge >= 0.3 is 0 Å². The van der Waals surface area contributed by atoms with Crippen LogP contribution in [0.3, 0.4) is 0 Å². The Morgan fingerprint density at radius 3 is 2.79 bits per heavy atom. The Morgan fingerprint density at radius 1 is 1.32 bits per heavy atom. The van der Waals surface area contributed by atoms with Crippen molar-refractivity contribution in [3.05, 3.63) is 44.6 Å². The normalized spacial score (nSPS) is 11.1. The number of phenolic OH excluding ortho intramolecular Hbond substituents is 1. The van der Waals surface area contributed by atoms with E-state index in [1.165, 1.54) is 17.6 Å². The molecule has 19 heavy (non-hydrogen) atoms. The summed E-state index contributed by atoms with van der Waals surface area (Å²) in [5.41, 5.74) is 1.92. The van der Waals surface area contributed by atoms with E-state index in [1.807, 2.05) is 13.8 Å². The Balaban J connectivity index is 2.36. The average molecular weight is 273 g/mol. The van der Waals surface area contributed by atoms with E-state index in [-0.39, 0.29) is 16.6 Å². The highest BCUT2D eigenvalue weighted by Crippen LogP contribution is 2.27. The number of fused-ring (bicyclic) bond motifs is 1.